The van der Waals surface area contributed by atoms with E-state index >= 15 is 0 Å². The van der Waals surface area contributed by atoms with Gasteiger partial charge in [-0.1, -0.05) is 19.8 Å². The third-order valence-corrected chi connectivity index (χ3v) is 5.46. The number of hydrogen-bond donors (Lipinski definition) is 1. The molecule has 0 aromatic carbocycles. The highest BCUT2D eigenvalue weighted by molar-refractivity contribution is 5.37. The van der Waals surface area contributed by atoms with Gasteiger partial charge in [0, 0.05) is 17.8 Å². The second-order valence-corrected chi connectivity index (χ2v) is 7.78. The lowest BCUT2D eigenvalue weighted by Crippen LogP contribution is -2.52. The van der Waals surface area contributed by atoms with E-state index in [0.29, 0.717) is 0 Å². The molecule has 1 aliphatic rings. The number of aromatic nitrogens is 4. The van der Waals surface area contributed by atoms with E-state index in [1.807, 2.05) is 24.6 Å². The first-order chi connectivity index (χ1) is 11.9. The van der Waals surface area contributed by atoms with Gasteiger partial charge in [0.05, 0.1) is 18.1 Å². The normalized spacial score (nSPS) is 23.8. The van der Waals surface area contributed by atoms with Crippen molar-refractivity contribution in [3.05, 3.63) is 29.8 Å². The van der Waals surface area contributed by atoms with Gasteiger partial charge in [-0.15, -0.1) is 0 Å². The summed E-state index contributed by atoms with van der Waals surface area (Å²) in [6.45, 7) is 7.27. The topological polar surface area (TPSA) is 58.9 Å². The molecule has 2 unspecified atom stereocenters. The van der Waals surface area contributed by atoms with Gasteiger partial charge in [0.1, 0.15) is 5.82 Å². The largest absolute Gasteiger partial charge is 0.367 e. The predicted molar refractivity (Wildman–Crippen MR) is 101 cm³/mol. The van der Waals surface area contributed by atoms with Crippen molar-refractivity contribution < 1.29 is 0 Å². The number of hydrogen-bond acceptors (Lipinski definition) is 5. The van der Waals surface area contributed by atoms with E-state index in [9.17, 15) is 0 Å². The lowest BCUT2D eigenvalue weighted by molar-refractivity contribution is 0.0881. The zero-order chi connectivity index (χ0) is 18.0. The van der Waals surface area contributed by atoms with Crippen LogP contribution in [0.25, 0.3) is 5.82 Å². The Morgan fingerprint density at radius 3 is 2.76 bits per heavy atom. The average molecular weight is 342 g/mol. The van der Waals surface area contributed by atoms with Gasteiger partial charge in [0.25, 0.3) is 0 Å². The van der Waals surface area contributed by atoms with E-state index in [-0.39, 0.29) is 5.54 Å². The number of rotatable bonds is 5. The minimum Gasteiger partial charge on any atom is -0.367 e. The number of nitrogens with zero attached hydrogens (tertiary/aromatic N) is 5. The minimum atomic E-state index is 0.188. The smallest absolute Gasteiger partial charge is 0.174 e. The highest BCUT2D eigenvalue weighted by atomic mass is 15.3. The van der Waals surface area contributed by atoms with Crippen molar-refractivity contribution in [1.82, 2.24) is 24.6 Å². The van der Waals surface area contributed by atoms with Crippen LogP contribution in [0.3, 0.4) is 0 Å². The molecule has 6 nitrogen and oxygen atoms in total. The van der Waals surface area contributed by atoms with Gasteiger partial charge in [-0.2, -0.15) is 5.10 Å². The summed E-state index contributed by atoms with van der Waals surface area (Å²) in [4.78, 5) is 11.5. The van der Waals surface area contributed by atoms with Crippen molar-refractivity contribution in [2.75, 3.05) is 26.0 Å². The molecule has 2 aromatic rings. The molecule has 6 heteroatoms. The maximum absolute atomic E-state index is 4.72. The standard InChI is InChI=1S/C19H30N6/c1-14-7-6-8-19(10-14,24(4)5)13-21-17-11-20-12-18(22-17)25-16(3)9-15(2)23-25/h9,11-12,14H,6-8,10,13H2,1-5H3,(H,21,22). The van der Waals surface area contributed by atoms with Crippen molar-refractivity contribution in [2.24, 2.45) is 5.92 Å². The van der Waals surface area contributed by atoms with Crippen LogP contribution < -0.4 is 5.32 Å². The van der Waals surface area contributed by atoms with Crippen molar-refractivity contribution >= 4 is 5.82 Å². The van der Waals surface area contributed by atoms with Crippen LogP contribution in [0.15, 0.2) is 18.5 Å². The number of likely N-dealkylation sites (N-methyl/N-ethyl adjacent to an activating group) is 1. The fraction of sp³-hybridized carbons (Fsp3) is 0.632. The molecule has 136 valence electrons. The van der Waals surface area contributed by atoms with E-state index < -0.39 is 0 Å². The SMILES string of the molecule is Cc1cc(C)n(-c2cncc(NCC3(N(C)C)CCCC(C)C3)n2)n1. The van der Waals surface area contributed by atoms with Crippen LogP contribution in [0.1, 0.15) is 44.0 Å². The van der Waals surface area contributed by atoms with Crippen LogP contribution in [-0.2, 0) is 0 Å². The first-order valence-corrected chi connectivity index (χ1v) is 9.17. The maximum Gasteiger partial charge on any atom is 0.174 e. The molecule has 0 aliphatic heterocycles. The first-order valence-electron chi connectivity index (χ1n) is 9.17. The Morgan fingerprint density at radius 2 is 2.12 bits per heavy atom. The molecule has 3 rings (SSSR count). The van der Waals surface area contributed by atoms with E-state index in [1.54, 1.807) is 12.4 Å². The number of nitrogens with one attached hydrogen (secondary N) is 1. The number of anilines is 1. The Hall–Kier alpha value is -1.95. The molecule has 2 heterocycles. The molecule has 0 radical (unpaired) electrons. The van der Waals surface area contributed by atoms with E-state index in [1.165, 1.54) is 25.7 Å². The summed E-state index contributed by atoms with van der Waals surface area (Å²) in [7, 11) is 4.38. The zero-order valence-electron chi connectivity index (χ0n) is 16.1. The monoisotopic (exact) mass is 342 g/mol. The van der Waals surface area contributed by atoms with Crippen LogP contribution in [0.2, 0.25) is 0 Å². The molecule has 2 aromatic heterocycles. The summed E-state index contributed by atoms with van der Waals surface area (Å²) in [5.74, 6) is 2.33. The van der Waals surface area contributed by atoms with Crippen LogP contribution in [0, 0.1) is 19.8 Å². The molecule has 1 aliphatic carbocycles. The predicted octanol–water partition coefficient (Wildman–Crippen LogP) is 3.20. The van der Waals surface area contributed by atoms with Gasteiger partial charge in [-0.25, -0.2) is 9.67 Å². The fourth-order valence-electron chi connectivity index (χ4n) is 4.02. The van der Waals surface area contributed by atoms with Crippen molar-refractivity contribution in [2.45, 2.75) is 52.0 Å². The summed E-state index contributed by atoms with van der Waals surface area (Å²) in [6, 6.07) is 2.05. The highest BCUT2D eigenvalue weighted by Gasteiger charge is 2.36. The van der Waals surface area contributed by atoms with Crippen molar-refractivity contribution in [3.8, 4) is 5.82 Å². The third-order valence-electron chi connectivity index (χ3n) is 5.46. The van der Waals surface area contributed by atoms with E-state index in [0.717, 1.165) is 35.5 Å². The molecular weight excluding hydrogens is 312 g/mol. The van der Waals surface area contributed by atoms with Gasteiger partial charge in [-0.3, -0.25) is 4.98 Å². The van der Waals surface area contributed by atoms with Gasteiger partial charge >= 0.3 is 0 Å². The second-order valence-electron chi connectivity index (χ2n) is 7.78. The molecule has 0 bridgehead atoms. The highest BCUT2D eigenvalue weighted by Crippen LogP contribution is 2.35. The first kappa shape index (κ1) is 17.9. The Bertz CT molecular complexity index is 722. The summed E-state index contributed by atoms with van der Waals surface area (Å²) in [5.41, 5.74) is 2.24. The Kier molecular flexibility index (Phi) is 5.08. The lowest BCUT2D eigenvalue weighted by atomic mass is 9.75. The Morgan fingerprint density at radius 1 is 1.32 bits per heavy atom. The summed E-state index contributed by atoms with van der Waals surface area (Å²) in [5, 5.41) is 8.04. The van der Waals surface area contributed by atoms with Crippen LogP contribution in [0.5, 0.6) is 0 Å². The van der Waals surface area contributed by atoms with E-state index in [4.69, 9.17) is 4.98 Å². The third kappa shape index (κ3) is 3.84. The van der Waals surface area contributed by atoms with E-state index in [2.05, 4.69) is 41.3 Å². The molecular formula is C19H30N6. The quantitative estimate of drug-likeness (QED) is 0.904. The lowest BCUT2D eigenvalue weighted by Gasteiger charge is -2.45. The Balaban J connectivity index is 1.77. The second kappa shape index (κ2) is 7.12. The molecule has 0 saturated heterocycles. The van der Waals surface area contributed by atoms with Gasteiger partial charge in [-0.05, 0) is 52.8 Å². The molecule has 25 heavy (non-hydrogen) atoms. The molecule has 2 atom stereocenters. The average Bonchev–Trinajstić information content (AvgIpc) is 2.91. The van der Waals surface area contributed by atoms with Crippen LogP contribution in [-0.4, -0.2) is 50.8 Å². The molecule has 1 fully saturated rings. The van der Waals surface area contributed by atoms with Crippen LogP contribution >= 0.6 is 0 Å². The maximum atomic E-state index is 4.72. The summed E-state index contributed by atoms with van der Waals surface area (Å²) < 4.78 is 1.85. The summed E-state index contributed by atoms with van der Waals surface area (Å²) in [6.07, 6.45) is 8.63. The molecule has 1 saturated carbocycles. The molecule has 0 amide bonds. The molecule has 1 N–H and O–H groups in total. The minimum absolute atomic E-state index is 0.188. The fourth-order valence-corrected chi connectivity index (χ4v) is 4.02. The van der Waals surface area contributed by atoms with Crippen LogP contribution in [0.4, 0.5) is 5.82 Å². The molecule has 0 spiro atoms. The van der Waals surface area contributed by atoms with Crippen molar-refractivity contribution in [3.63, 3.8) is 0 Å². The van der Waals surface area contributed by atoms with Gasteiger partial charge in [0.15, 0.2) is 5.82 Å². The zero-order valence-corrected chi connectivity index (χ0v) is 16.1. The van der Waals surface area contributed by atoms with Gasteiger partial charge < -0.3 is 10.2 Å². The van der Waals surface area contributed by atoms with Crippen molar-refractivity contribution in [1.29, 1.82) is 0 Å². The van der Waals surface area contributed by atoms with Gasteiger partial charge in [0.2, 0.25) is 0 Å². The summed E-state index contributed by atoms with van der Waals surface area (Å²) >= 11 is 0. The Labute approximate surface area is 150 Å². The number of aryl methyl sites for hydroxylation is 2.